The largest absolute Gasteiger partial charge is 0.495 e. The fraction of sp³-hybridized carbons (Fsp3) is 0.300. The second-order valence-electron chi connectivity index (χ2n) is 6.61. The number of nitrogens with one attached hydrogen (secondary N) is 1. The van der Waals surface area contributed by atoms with Crippen molar-refractivity contribution in [1.82, 2.24) is 0 Å². The summed E-state index contributed by atoms with van der Waals surface area (Å²) in [5.41, 5.74) is 0.539. The molecule has 1 heterocycles. The van der Waals surface area contributed by atoms with Gasteiger partial charge in [-0.25, -0.2) is 0 Å². The summed E-state index contributed by atoms with van der Waals surface area (Å²) in [6.45, 7) is -1.41. The Kier molecular flexibility index (Phi) is 6.40. The molecule has 1 saturated heterocycles. The lowest BCUT2D eigenvalue weighted by Gasteiger charge is -2.20. The Labute approximate surface area is 175 Å². The van der Waals surface area contributed by atoms with Gasteiger partial charge in [0.15, 0.2) is 6.61 Å². The van der Waals surface area contributed by atoms with Crippen LogP contribution in [-0.4, -0.2) is 38.3 Å². The lowest BCUT2D eigenvalue weighted by Crippen LogP contribution is -2.28. The Balaban J connectivity index is 1.73. The van der Waals surface area contributed by atoms with E-state index in [-0.39, 0.29) is 30.3 Å². The average Bonchev–Trinajstić information content (AvgIpc) is 3.08. The summed E-state index contributed by atoms with van der Waals surface area (Å²) in [4.78, 5) is 26.6. The van der Waals surface area contributed by atoms with Crippen LogP contribution in [0.15, 0.2) is 42.5 Å². The third kappa shape index (κ3) is 5.15. The normalized spacial score (nSPS) is 16.5. The lowest BCUT2D eigenvalue weighted by atomic mass is 10.1. The summed E-state index contributed by atoms with van der Waals surface area (Å²) in [5, 5.41) is 2.96. The predicted molar refractivity (Wildman–Crippen MR) is 105 cm³/mol. The Hall–Kier alpha value is -2.94. The molecule has 2 aromatic carbocycles. The number of rotatable bonds is 6. The third-order valence-electron chi connectivity index (χ3n) is 4.46. The van der Waals surface area contributed by atoms with Gasteiger partial charge in [-0.3, -0.25) is 9.59 Å². The third-order valence-corrected chi connectivity index (χ3v) is 4.70. The summed E-state index contributed by atoms with van der Waals surface area (Å²) < 4.78 is 47.4. The van der Waals surface area contributed by atoms with Crippen molar-refractivity contribution in [3.8, 4) is 11.5 Å². The van der Waals surface area contributed by atoms with Gasteiger partial charge >= 0.3 is 6.18 Å². The number of amides is 2. The van der Waals surface area contributed by atoms with Crippen LogP contribution in [0.5, 0.6) is 11.5 Å². The number of hydrogen-bond donors (Lipinski definition) is 1. The van der Waals surface area contributed by atoms with Gasteiger partial charge in [0.05, 0.1) is 24.4 Å². The van der Waals surface area contributed by atoms with E-state index in [1.807, 2.05) is 0 Å². The number of ether oxygens (including phenoxy) is 2. The highest BCUT2D eigenvalue weighted by atomic mass is 35.5. The van der Waals surface area contributed by atoms with Crippen LogP contribution in [0.3, 0.4) is 0 Å². The van der Waals surface area contributed by atoms with E-state index >= 15 is 0 Å². The molecule has 1 aliphatic heterocycles. The summed E-state index contributed by atoms with van der Waals surface area (Å²) in [6, 6.07) is 10.6. The zero-order valence-electron chi connectivity index (χ0n) is 15.8. The van der Waals surface area contributed by atoms with Gasteiger partial charge in [0.25, 0.3) is 0 Å². The number of hydrogen-bond acceptors (Lipinski definition) is 4. The Bertz CT molecular complexity index is 952. The van der Waals surface area contributed by atoms with E-state index in [0.717, 1.165) is 0 Å². The summed E-state index contributed by atoms with van der Waals surface area (Å²) in [7, 11) is 1.45. The zero-order valence-corrected chi connectivity index (χ0v) is 16.6. The molecular weight excluding hydrogens is 425 g/mol. The van der Waals surface area contributed by atoms with Crippen LogP contribution in [-0.2, 0) is 9.59 Å². The van der Waals surface area contributed by atoms with Crippen molar-refractivity contribution in [2.45, 2.75) is 12.6 Å². The first-order valence-corrected chi connectivity index (χ1v) is 9.29. The quantitative estimate of drug-likeness (QED) is 0.725. The Morgan fingerprint density at radius 3 is 2.67 bits per heavy atom. The summed E-state index contributed by atoms with van der Waals surface area (Å²) in [6.07, 6.45) is -4.57. The highest BCUT2D eigenvalue weighted by Gasteiger charge is 2.37. The van der Waals surface area contributed by atoms with E-state index in [1.165, 1.54) is 30.2 Å². The standard InChI is InChI=1S/C20H18ClF3N2O4/c1-29-17-7-6-13(21)9-15(17)26-10-12(8-18(26)27)19(28)25-14-4-2-3-5-16(14)30-11-20(22,23)24/h2-7,9,12H,8,10-11H2,1H3,(H,25,28). The number of methoxy groups -OCH3 is 1. The molecule has 2 amide bonds. The highest BCUT2D eigenvalue weighted by Crippen LogP contribution is 2.36. The molecular formula is C20H18ClF3N2O4. The molecule has 6 nitrogen and oxygen atoms in total. The molecule has 10 heteroatoms. The minimum absolute atomic E-state index is 0.0624. The number of carbonyl (C=O) groups is 2. The fourth-order valence-corrected chi connectivity index (χ4v) is 3.25. The molecule has 0 aromatic heterocycles. The molecule has 160 valence electrons. The predicted octanol–water partition coefficient (Wildman–Crippen LogP) is 4.28. The molecule has 0 aliphatic carbocycles. The van der Waals surface area contributed by atoms with Crippen LogP contribution < -0.4 is 19.7 Å². The van der Waals surface area contributed by atoms with Gasteiger partial charge in [0.2, 0.25) is 11.8 Å². The Morgan fingerprint density at radius 1 is 1.23 bits per heavy atom. The van der Waals surface area contributed by atoms with Gasteiger partial charge in [0.1, 0.15) is 11.5 Å². The van der Waals surface area contributed by atoms with Crippen molar-refractivity contribution in [3.05, 3.63) is 47.5 Å². The number of anilines is 2. The maximum absolute atomic E-state index is 12.7. The lowest BCUT2D eigenvalue weighted by molar-refractivity contribution is -0.153. The van der Waals surface area contributed by atoms with Gasteiger partial charge in [-0.05, 0) is 30.3 Å². The monoisotopic (exact) mass is 442 g/mol. The van der Waals surface area contributed by atoms with Crippen molar-refractivity contribution in [3.63, 3.8) is 0 Å². The van der Waals surface area contributed by atoms with Gasteiger partial charge in [-0.1, -0.05) is 23.7 Å². The first kappa shape index (κ1) is 21.8. The first-order chi connectivity index (χ1) is 14.2. The second kappa shape index (κ2) is 8.83. The number of nitrogens with zero attached hydrogens (tertiary/aromatic N) is 1. The van der Waals surface area contributed by atoms with Crippen molar-refractivity contribution in [2.75, 3.05) is 30.5 Å². The molecule has 1 aliphatic rings. The zero-order chi connectivity index (χ0) is 21.9. The van der Waals surface area contributed by atoms with Crippen LogP contribution in [0.1, 0.15) is 6.42 Å². The number of alkyl halides is 3. The van der Waals surface area contributed by atoms with Crippen LogP contribution in [0, 0.1) is 5.92 Å². The molecule has 3 rings (SSSR count). The molecule has 0 bridgehead atoms. The fourth-order valence-electron chi connectivity index (χ4n) is 3.08. The van der Waals surface area contributed by atoms with E-state index < -0.39 is 24.6 Å². The van der Waals surface area contributed by atoms with Gasteiger partial charge in [0, 0.05) is 18.0 Å². The molecule has 0 saturated carbocycles. The van der Waals surface area contributed by atoms with Crippen molar-refractivity contribution < 1.29 is 32.2 Å². The van der Waals surface area contributed by atoms with Gasteiger partial charge in [-0.2, -0.15) is 13.2 Å². The maximum atomic E-state index is 12.7. The molecule has 1 N–H and O–H groups in total. The van der Waals surface area contributed by atoms with E-state index in [0.29, 0.717) is 16.5 Å². The van der Waals surface area contributed by atoms with E-state index in [1.54, 1.807) is 24.3 Å². The van der Waals surface area contributed by atoms with E-state index in [9.17, 15) is 22.8 Å². The smallest absolute Gasteiger partial charge is 0.422 e. The number of halogens is 4. The van der Waals surface area contributed by atoms with Gasteiger partial charge in [-0.15, -0.1) is 0 Å². The van der Waals surface area contributed by atoms with Crippen LogP contribution in [0.25, 0.3) is 0 Å². The SMILES string of the molecule is COc1ccc(Cl)cc1N1CC(C(=O)Nc2ccccc2OCC(F)(F)F)CC1=O. The van der Waals surface area contributed by atoms with Crippen molar-refractivity contribution >= 4 is 34.8 Å². The number of para-hydroxylation sites is 2. The summed E-state index contributed by atoms with van der Waals surface area (Å²) in [5.74, 6) is -1.19. The molecule has 0 radical (unpaired) electrons. The average molecular weight is 443 g/mol. The minimum atomic E-state index is -4.51. The molecule has 30 heavy (non-hydrogen) atoms. The first-order valence-electron chi connectivity index (χ1n) is 8.91. The minimum Gasteiger partial charge on any atom is -0.495 e. The van der Waals surface area contributed by atoms with Crippen LogP contribution in [0.2, 0.25) is 5.02 Å². The topological polar surface area (TPSA) is 67.9 Å². The Morgan fingerprint density at radius 2 is 1.97 bits per heavy atom. The van der Waals surface area contributed by atoms with Crippen molar-refractivity contribution in [2.24, 2.45) is 5.92 Å². The molecule has 0 spiro atoms. The van der Waals surface area contributed by atoms with Crippen molar-refractivity contribution in [1.29, 1.82) is 0 Å². The van der Waals surface area contributed by atoms with E-state index in [4.69, 9.17) is 21.1 Å². The maximum Gasteiger partial charge on any atom is 0.422 e. The number of benzene rings is 2. The molecule has 2 aromatic rings. The second-order valence-corrected chi connectivity index (χ2v) is 7.05. The summed E-state index contributed by atoms with van der Waals surface area (Å²) >= 11 is 6.02. The number of carbonyl (C=O) groups excluding carboxylic acids is 2. The molecule has 1 unspecified atom stereocenters. The molecule has 1 atom stereocenters. The van der Waals surface area contributed by atoms with E-state index in [2.05, 4.69) is 5.32 Å². The van der Waals surface area contributed by atoms with Crippen LogP contribution >= 0.6 is 11.6 Å². The highest BCUT2D eigenvalue weighted by molar-refractivity contribution is 6.31. The van der Waals surface area contributed by atoms with Gasteiger partial charge < -0.3 is 19.7 Å². The van der Waals surface area contributed by atoms with Crippen LogP contribution in [0.4, 0.5) is 24.5 Å². The molecule has 1 fully saturated rings.